The van der Waals surface area contributed by atoms with E-state index in [2.05, 4.69) is 19.9 Å². The largest absolute Gasteiger partial charge is 0.0885 e. The molecule has 0 aromatic heterocycles. The molecule has 0 atom stereocenters. The Hall–Kier alpha value is -0.260. The quantitative estimate of drug-likeness (QED) is 0.122. The van der Waals surface area contributed by atoms with Gasteiger partial charge < -0.3 is 0 Å². The van der Waals surface area contributed by atoms with E-state index in [-0.39, 0.29) is 0 Å². The molecular weight excluding hydrogens is 360 g/mol. The SMILES string of the molecule is [CH2]/C=C/CCCCCCCCCCCCCCCCCCCCCCCCCC[CH2]. The summed E-state index contributed by atoms with van der Waals surface area (Å²) in [6.45, 7) is 7.65. The molecule has 0 aliphatic rings. The van der Waals surface area contributed by atoms with Crippen molar-refractivity contribution in [2.45, 2.75) is 167 Å². The highest BCUT2D eigenvalue weighted by Crippen LogP contribution is 2.15. The predicted molar refractivity (Wildman–Crippen MR) is 140 cm³/mol. The van der Waals surface area contributed by atoms with Crippen molar-refractivity contribution >= 4 is 0 Å². The van der Waals surface area contributed by atoms with E-state index in [1.54, 1.807) is 0 Å². The molecule has 0 aromatic rings. The molecule has 0 saturated carbocycles. The average Bonchev–Trinajstić information content (AvgIpc) is 2.76. The summed E-state index contributed by atoms with van der Waals surface area (Å²) in [4.78, 5) is 0. The van der Waals surface area contributed by atoms with E-state index in [9.17, 15) is 0 Å². The van der Waals surface area contributed by atoms with Crippen LogP contribution in [0.4, 0.5) is 0 Å². The van der Waals surface area contributed by atoms with Gasteiger partial charge in [0.05, 0.1) is 0 Å². The van der Waals surface area contributed by atoms with Crippen molar-refractivity contribution in [2.24, 2.45) is 0 Å². The van der Waals surface area contributed by atoms with Crippen molar-refractivity contribution in [1.82, 2.24) is 0 Å². The van der Waals surface area contributed by atoms with Crippen LogP contribution in [0.3, 0.4) is 0 Å². The lowest BCUT2D eigenvalue weighted by molar-refractivity contribution is 0.516. The maximum absolute atomic E-state index is 3.92. The number of rotatable bonds is 26. The van der Waals surface area contributed by atoms with Crippen LogP contribution >= 0.6 is 0 Å². The van der Waals surface area contributed by atoms with Crippen LogP contribution in [0.5, 0.6) is 0 Å². The van der Waals surface area contributed by atoms with Gasteiger partial charge in [-0.3, -0.25) is 0 Å². The third-order valence-electron chi connectivity index (χ3n) is 6.54. The van der Waals surface area contributed by atoms with Crippen molar-refractivity contribution < 1.29 is 0 Å². The molecule has 0 aliphatic carbocycles. The van der Waals surface area contributed by atoms with Gasteiger partial charge in [-0.05, 0) is 19.8 Å². The fraction of sp³-hybridized carbons (Fsp3) is 0.867. The highest BCUT2D eigenvalue weighted by Gasteiger charge is 1.96. The van der Waals surface area contributed by atoms with Gasteiger partial charge in [0.25, 0.3) is 0 Å². The Morgan fingerprint density at radius 2 is 0.567 bits per heavy atom. The summed E-state index contributed by atoms with van der Waals surface area (Å²) in [7, 11) is 0. The molecule has 0 unspecified atom stereocenters. The minimum absolute atomic E-state index is 1.12. The Morgan fingerprint density at radius 1 is 0.333 bits per heavy atom. The van der Waals surface area contributed by atoms with Crippen LogP contribution in [0.15, 0.2) is 12.2 Å². The topological polar surface area (TPSA) is 0 Å². The maximum Gasteiger partial charge on any atom is -0.0316 e. The Balaban J connectivity index is 2.99. The van der Waals surface area contributed by atoms with E-state index in [0.717, 1.165) is 6.42 Å². The Kier molecular flexibility index (Phi) is 28.5. The summed E-state index contributed by atoms with van der Waals surface area (Å²) < 4.78 is 0. The second-order valence-electron chi connectivity index (χ2n) is 9.60. The first-order chi connectivity index (χ1) is 14.9. The van der Waals surface area contributed by atoms with E-state index < -0.39 is 0 Å². The van der Waals surface area contributed by atoms with Gasteiger partial charge in [-0.1, -0.05) is 173 Å². The third-order valence-corrected chi connectivity index (χ3v) is 6.54. The molecule has 0 heteroatoms. The minimum atomic E-state index is 1.12. The fourth-order valence-corrected chi connectivity index (χ4v) is 4.45. The van der Waals surface area contributed by atoms with Gasteiger partial charge in [-0.25, -0.2) is 0 Å². The monoisotopic (exact) mass is 418 g/mol. The van der Waals surface area contributed by atoms with Crippen LogP contribution in [-0.4, -0.2) is 0 Å². The van der Waals surface area contributed by atoms with Gasteiger partial charge in [-0.15, -0.1) is 0 Å². The smallest absolute Gasteiger partial charge is 0.0316 e. The van der Waals surface area contributed by atoms with Gasteiger partial charge >= 0.3 is 0 Å². The highest BCUT2D eigenvalue weighted by molar-refractivity contribution is 4.83. The number of hydrogen-bond acceptors (Lipinski definition) is 0. The molecule has 0 nitrogen and oxygen atoms in total. The van der Waals surface area contributed by atoms with E-state index in [0.29, 0.717) is 0 Å². The van der Waals surface area contributed by atoms with E-state index >= 15 is 0 Å². The second-order valence-corrected chi connectivity index (χ2v) is 9.60. The summed E-state index contributed by atoms with van der Waals surface area (Å²) in [6.07, 6.45) is 41.3. The third kappa shape index (κ3) is 27.7. The van der Waals surface area contributed by atoms with Crippen molar-refractivity contribution in [2.75, 3.05) is 0 Å². The van der Waals surface area contributed by atoms with Gasteiger partial charge in [0.2, 0.25) is 0 Å². The fourth-order valence-electron chi connectivity index (χ4n) is 4.45. The van der Waals surface area contributed by atoms with Gasteiger partial charge in [0.15, 0.2) is 0 Å². The standard InChI is InChI=1S/C30H58/c1-3-5-7-9-11-13-15-17-19-21-23-25-27-29-30-28-26-24-22-20-18-16-14-12-10-8-6-4-2/h3,5H,1-2,4,6-30H2/b5-3+. The van der Waals surface area contributed by atoms with Crippen molar-refractivity contribution in [3.63, 3.8) is 0 Å². The van der Waals surface area contributed by atoms with Crippen LogP contribution in [0.25, 0.3) is 0 Å². The molecule has 0 spiro atoms. The molecular formula is C30H58. The van der Waals surface area contributed by atoms with Crippen LogP contribution in [0.2, 0.25) is 0 Å². The molecule has 0 aromatic carbocycles. The van der Waals surface area contributed by atoms with Gasteiger partial charge in [-0.2, -0.15) is 0 Å². The molecule has 0 bridgehead atoms. The predicted octanol–water partition coefficient (Wildman–Crippen LogP) is 11.4. The second kappa shape index (κ2) is 28.7. The van der Waals surface area contributed by atoms with E-state index in [4.69, 9.17) is 0 Å². The molecule has 178 valence electrons. The zero-order chi connectivity index (χ0) is 21.8. The van der Waals surface area contributed by atoms with Crippen molar-refractivity contribution in [3.05, 3.63) is 26.0 Å². The molecule has 0 saturated heterocycles. The lowest BCUT2D eigenvalue weighted by atomic mass is 10.0. The minimum Gasteiger partial charge on any atom is -0.0885 e. The summed E-state index contributed by atoms with van der Waals surface area (Å²) in [6, 6.07) is 0. The van der Waals surface area contributed by atoms with E-state index in [1.807, 2.05) is 6.08 Å². The highest BCUT2D eigenvalue weighted by atomic mass is 14.0. The zero-order valence-corrected chi connectivity index (χ0v) is 21.0. The van der Waals surface area contributed by atoms with Gasteiger partial charge in [0.1, 0.15) is 0 Å². The Bertz CT molecular complexity index is 303. The molecule has 0 rings (SSSR count). The number of allylic oxidation sites excluding steroid dienone is 2. The van der Waals surface area contributed by atoms with Crippen LogP contribution in [0, 0.1) is 13.8 Å². The van der Waals surface area contributed by atoms with Crippen LogP contribution in [-0.2, 0) is 0 Å². The normalized spacial score (nSPS) is 11.7. The van der Waals surface area contributed by atoms with Crippen LogP contribution in [0.1, 0.15) is 167 Å². The van der Waals surface area contributed by atoms with Crippen molar-refractivity contribution in [3.8, 4) is 0 Å². The summed E-state index contributed by atoms with van der Waals surface area (Å²) in [5.74, 6) is 0. The number of unbranched alkanes of at least 4 members (excludes halogenated alkanes) is 25. The Labute approximate surface area is 193 Å². The molecule has 0 aliphatic heterocycles. The molecule has 0 amide bonds. The summed E-state index contributed by atoms with van der Waals surface area (Å²) >= 11 is 0. The number of hydrogen-bond donors (Lipinski definition) is 0. The lowest BCUT2D eigenvalue weighted by Crippen LogP contribution is -1.84. The summed E-state index contributed by atoms with van der Waals surface area (Å²) in [5.41, 5.74) is 0. The molecule has 30 heavy (non-hydrogen) atoms. The molecule has 0 N–H and O–H groups in total. The first-order valence-electron chi connectivity index (χ1n) is 14.1. The van der Waals surface area contributed by atoms with Crippen molar-refractivity contribution in [1.29, 1.82) is 0 Å². The van der Waals surface area contributed by atoms with Gasteiger partial charge in [0, 0.05) is 0 Å². The van der Waals surface area contributed by atoms with Crippen LogP contribution < -0.4 is 0 Å². The Morgan fingerprint density at radius 3 is 0.800 bits per heavy atom. The summed E-state index contributed by atoms with van der Waals surface area (Å²) in [5, 5.41) is 0. The first kappa shape index (κ1) is 29.7. The first-order valence-corrected chi connectivity index (χ1v) is 14.1. The maximum atomic E-state index is 3.92. The zero-order valence-electron chi connectivity index (χ0n) is 21.0. The molecule has 0 fully saturated rings. The molecule has 2 radical (unpaired) electrons. The average molecular weight is 419 g/mol. The molecule has 0 heterocycles. The lowest BCUT2D eigenvalue weighted by Gasteiger charge is -2.04. The van der Waals surface area contributed by atoms with E-state index in [1.165, 1.54) is 161 Å².